The largest absolute Gasteiger partial charge is 0.361 e. The van der Waals surface area contributed by atoms with Crippen LogP contribution in [-0.4, -0.2) is 31.6 Å². The molecule has 1 N–H and O–H groups in total. The lowest BCUT2D eigenvalue weighted by atomic mass is 10.1. The van der Waals surface area contributed by atoms with Crippen LogP contribution in [-0.2, 0) is 6.54 Å². The maximum Gasteiger partial charge on any atom is 0.164 e. The molecular formula is C22H23N5O. The van der Waals surface area contributed by atoms with Gasteiger partial charge in [-0.25, -0.2) is 9.97 Å². The molecule has 4 aromatic rings. The highest BCUT2D eigenvalue weighted by atomic mass is 16.5. The average molecular weight is 373 g/mol. The first kappa shape index (κ1) is 17.1. The number of para-hydroxylation sites is 1. The molecule has 1 atom stereocenters. The van der Waals surface area contributed by atoms with Gasteiger partial charge in [-0.05, 0) is 50.9 Å². The van der Waals surface area contributed by atoms with Crippen LogP contribution in [0.3, 0.4) is 0 Å². The summed E-state index contributed by atoms with van der Waals surface area (Å²) in [5.41, 5.74) is 5.33. The summed E-state index contributed by atoms with van der Waals surface area (Å²) in [5.74, 6) is 1.46. The van der Waals surface area contributed by atoms with E-state index in [2.05, 4.69) is 50.5 Å². The van der Waals surface area contributed by atoms with Crippen LogP contribution in [0, 0.1) is 13.8 Å². The van der Waals surface area contributed by atoms with E-state index in [1.54, 1.807) is 0 Å². The minimum absolute atomic E-state index is 0.302. The van der Waals surface area contributed by atoms with Crippen molar-refractivity contribution in [2.75, 3.05) is 6.54 Å². The summed E-state index contributed by atoms with van der Waals surface area (Å²) in [7, 11) is 0. The number of H-pyrrole nitrogens is 1. The Morgan fingerprint density at radius 3 is 2.96 bits per heavy atom. The second-order valence-corrected chi connectivity index (χ2v) is 7.49. The Hall–Kier alpha value is -2.99. The van der Waals surface area contributed by atoms with Gasteiger partial charge in [0.05, 0.1) is 23.0 Å². The summed E-state index contributed by atoms with van der Waals surface area (Å²) in [5, 5.41) is 5.34. The molecular weight excluding hydrogens is 350 g/mol. The molecule has 4 heterocycles. The van der Waals surface area contributed by atoms with Gasteiger partial charge < -0.3 is 9.51 Å². The fourth-order valence-corrected chi connectivity index (χ4v) is 4.31. The molecule has 0 spiro atoms. The summed E-state index contributed by atoms with van der Waals surface area (Å²) < 4.78 is 5.30. The fourth-order valence-electron chi connectivity index (χ4n) is 4.31. The number of fused-ring (bicyclic) bond motifs is 1. The van der Waals surface area contributed by atoms with E-state index in [0.717, 1.165) is 42.2 Å². The van der Waals surface area contributed by atoms with Crippen LogP contribution in [0.1, 0.15) is 41.6 Å². The van der Waals surface area contributed by atoms with Crippen molar-refractivity contribution in [1.29, 1.82) is 0 Å². The normalized spacial score (nSPS) is 17.6. The van der Waals surface area contributed by atoms with Crippen molar-refractivity contribution in [3.63, 3.8) is 0 Å². The maximum atomic E-state index is 5.30. The number of aromatic amines is 1. The average Bonchev–Trinajstić information content (AvgIpc) is 3.42. The van der Waals surface area contributed by atoms with Gasteiger partial charge in [-0.15, -0.1) is 0 Å². The number of aryl methyl sites for hydroxylation is 2. The van der Waals surface area contributed by atoms with Crippen LogP contribution in [0.2, 0.25) is 0 Å². The molecule has 0 saturated carbocycles. The zero-order chi connectivity index (χ0) is 19.1. The molecule has 1 fully saturated rings. The highest BCUT2D eigenvalue weighted by Gasteiger charge is 2.28. The van der Waals surface area contributed by atoms with E-state index in [0.29, 0.717) is 11.9 Å². The highest BCUT2D eigenvalue weighted by Crippen LogP contribution is 2.34. The minimum Gasteiger partial charge on any atom is -0.361 e. The van der Waals surface area contributed by atoms with Gasteiger partial charge in [-0.3, -0.25) is 4.90 Å². The van der Waals surface area contributed by atoms with Crippen molar-refractivity contribution in [3.8, 4) is 11.4 Å². The van der Waals surface area contributed by atoms with Crippen molar-refractivity contribution in [2.45, 2.75) is 39.3 Å². The second-order valence-electron chi connectivity index (χ2n) is 7.49. The number of hydrogen-bond acceptors (Lipinski definition) is 5. The molecule has 0 bridgehead atoms. The van der Waals surface area contributed by atoms with Crippen LogP contribution >= 0.6 is 0 Å². The summed E-state index contributed by atoms with van der Waals surface area (Å²) in [6.45, 7) is 5.83. The van der Waals surface area contributed by atoms with Crippen LogP contribution in [0.4, 0.5) is 0 Å². The van der Waals surface area contributed by atoms with E-state index in [4.69, 9.17) is 9.51 Å². The Balaban J connectivity index is 1.45. The monoisotopic (exact) mass is 373 g/mol. The molecule has 28 heavy (non-hydrogen) atoms. The van der Waals surface area contributed by atoms with Crippen LogP contribution < -0.4 is 0 Å². The third-order valence-electron chi connectivity index (χ3n) is 5.69. The number of aromatic nitrogens is 4. The zero-order valence-electron chi connectivity index (χ0n) is 16.1. The van der Waals surface area contributed by atoms with Crippen molar-refractivity contribution in [3.05, 3.63) is 65.4 Å². The Bertz CT molecular complexity index is 1110. The molecule has 0 radical (unpaired) electrons. The predicted octanol–water partition coefficient (Wildman–Crippen LogP) is 4.57. The first-order valence-corrected chi connectivity index (χ1v) is 9.76. The van der Waals surface area contributed by atoms with E-state index in [-0.39, 0.29) is 0 Å². The van der Waals surface area contributed by atoms with Gasteiger partial charge in [0.25, 0.3) is 0 Å². The van der Waals surface area contributed by atoms with Gasteiger partial charge in [0.2, 0.25) is 0 Å². The third kappa shape index (κ3) is 2.90. The first-order valence-electron chi connectivity index (χ1n) is 9.76. The Morgan fingerprint density at radius 1 is 1.21 bits per heavy atom. The Kier molecular flexibility index (Phi) is 4.20. The van der Waals surface area contributed by atoms with Crippen molar-refractivity contribution < 1.29 is 4.52 Å². The smallest absolute Gasteiger partial charge is 0.164 e. The van der Waals surface area contributed by atoms with E-state index in [9.17, 15) is 0 Å². The topological polar surface area (TPSA) is 70.8 Å². The lowest BCUT2D eigenvalue weighted by Crippen LogP contribution is -2.23. The molecule has 6 nitrogen and oxygen atoms in total. The molecule has 142 valence electrons. The molecule has 3 aromatic heterocycles. The van der Waals surface area contributed by atoms with Gasteiger partial charge in [0.1, 0.15) is 5.76 Å². The number of likely N-dealkylation sites (tertiary alicyclic amines) is 1. The lowest BCUT2D eigenvalue weighted by molar-refractivity contribution is 0.245. The number of hydrogen-bond donors (Lipinski definition) is 1. The first-order chi connectivity index (χ1) is 13.7. The third-order valence-corrected chi connectivity index (χ3v) is 5.69. The van der Waals surface area contributed by atoms with Crippen molar-refractivity contribution in [2.24, 2.45) is 0 Å². The van der Waals surface area contributed by atoms with Gasteiger partial charge in [-0.2, -0.15) is 0 Å². The van der Waals surface area contributed by atoms with E-state index in [1.807, 2.05) is 26.1 Å². The van der Waals surface area contributed by atoms with Gasteiger partial charge >= 0.3 is 0 Å². The van der Waals surface area contributed by atoms with Crippen LogP contribution in [0.15, 0.2) is 47.2 Å². The van der Waals surface area contributed by atoms with Crippen molar-refractivity contribution >= 4 is 10.9 Å². The van der Waals surface area contributed by atoms with Gasteiger partial charge in [0.15, 0.2) is 5.82 Å². The summed E-state index contributed by atoms with van der Waals surface area (Å²) in [6, 6.07) is 10.8. The molecule has 5 rings (SSSR count). The molecule has 1 aromatic carbocycles. The Morgan fingerprint density at radius 2 is 2.11 bits per heavy atom. The molecule has 0 unspecified atom stereocenters. The quantitative estimate of drug-likeness (QED) is 0.567. The number of nitrogens with one attached hydrogen (secondary N) is 1. The molecule has 6 heteroatoms. The SMILES string of the molecule is Cc1noc(C)c1-c1nccc([C@H]2CCCN2Cc2c[nH]c3ccccc23)n1. The highest BCUT2D eigenvalue weighted by molar-refractivity contribution is 5.83. The standard InChI is InChI=1S/C22H23N5O/c1-14-21(15(2)28-26-14)22-23-10-9-19(25-22)20-8-5-11-27(20)13-16-12-24-18-7-4-3-6-17(16)18/h3-4,6-7,9-10,12,20,24H,5,8,11,13H2,1-2H3/t20-/m1/s1. The van der Waals surface area contributed by atoms with Crippen molar-refractivity contribution in [1.82, 2.24) is 25.0 Å². The molecule has 1 saturated heterocycles. The predicted molar refractivity (Wildman–Crippen MR) is 108 cm³/mol. The molecule has 1 aliphatic rings. The number of nitrogens with zero attached hydrogens (tertiary/aromatic N) is 4. The fraction of sp³-hybridized carbons (Fsp3) is 0.318. The second kappa shape index (κ2) is 6.87. The minimum atomic E-state index is 0.302. The summed E-state index contributed by atoms with van der Waals surface area (Å²) in [4.78, 5) is 15.3. The van der Waals surface area contributed by atoms with Gasteiger partial charge in [0, 0.05) is 29.8 Å². The molecule has 1 aliphatic heterocycles. The van der Waals surface area contributed by atoms with E-state index >= 15 is 0 Å². The number of benzene rings is 1. The van der Waals surface area contributed by atoms with E-state index in [1.165, 1.54) is 22.9 Å². The molecule has 0 aliphatic carbocycles. The maximum absolute atomic E-state index is 5.30. The Labute approximate surface area is 163 Å². The summed E-state index contributed by atoms with van der Waals surface area (Å²) >= 11 is 0. The van der Waals surface area contributed by atoms with Crippen LogP contribution in [0.25, 0.3) is 22.3 Å². The molecule has 0 amide bonds. The lowest BCUT2D eigenvalue weighted by Gasteiger charge is -2.24. The number of rotatable bonds is 4. The van der Waals surface area contributed by atoms with Crippen LogP contribution in [0.5, 0.6) is 0 Å². The van der Waals surface area contributed by atoms with E-state index < -0.39 is 0 Å². The van der Waals surface area contributed by atoms with Gasteiger partial charge in [-0.1, -0.05) is 23.4 Å². The zero-order valence-corrected chi connectivity index (χ0v) is 16.1. The summed E-state index contributed by atoms with van der Waals surface area (Å²) in [6.07, 6.45) is 6.28.